The van der Waals surface area contributed by atoms with Crippen LogP contribution in [0.3, 0.4) is 0 Å². The molecule has 0 unspecified atom stereocenters. The lowest BCUT2D eigenvalue weighted by Gasteiger charge is -2.08. The first kappa shape index (κ1) is 11.9. The molecule has 0 bridgehead atoms. The lowest BCUT2D eigenvalue weighted by atomic mass is 10.1. The highest BCUT2D eigenvalue weighted by Crippen LogP contribution is 2.33. The molecule has 0 spiro atoms. The third-order valence-corrected chi connectivity index (χ3v) is 2.41. The molecule has 0 aromatic carbocycles. The van der Waals surface area contributed by atoms with E-state index < -0.39 is 11.7 Å². The van der Waals surface area contributed by atoms with Gasteiger partial charge in [0.1, 0.15) is 0 Å². The summed E-state index contributed by atoms with van der Waals surface area (Å²) in [6, 6.07) is 4.12. The van der Waals surface area contributed by atoms with Gasteiger partial charge in [0.05, 0.1) is 16.3 Å². The van der Waals surface area contributed by atoms with E-state index in [1.807, 2.05) is 0 Å². The van der Waals surface area contributed by atoms with Crippen LogP contribution in [0.5, 0.6) is 0 Å². The maximum absolute atomic E-state index is 12.4. The van der Waals surface area contributed by atoms with Gasteiger partial charge in [-0.15, -0.1) is 0 Å². The van der Waals surface area contributed by atoms with E-state index >= 15 is 0 Å². The monoisotopic (exact) mass is 258 g/mol. The highest BCUT2D eigenvalue weighted by molar-refractivity contribution is 6.33. The van der Waals surface area contributed by atoms with Crippen LogP contribution in [0, 0.1) is 0 Å². The van der Waals surface area contributed by atoms with Crippen LogP contribution >= 0.6 is 11.6 Å². The molecule has 0 aliphatic heterocycles. The third kappa shape index (κ3) is 2.55. The van der Waals surface area contributed by atoms with Gasteiger partial charge in [-0.2, -0.15) is 13.2 Å². The number of hydrogen-bond acceptors (Lipinski definition) is 2. The molecule has 0 saturated heterocycles. The van der Waals surface area contributed by atoms with E-state index in [2.05, 4.69) is 9.97 Å². The molecule has 2 rings (SSSR count). The largest absolute Gasteiger partial charge is 0.417 e. The van der Waals surface area contributed by atoms with E-state index in [0.29, 0.717) is 11.3 Å². The first-order valence-corrected chi connectivity index (χ1v) is 4.99. The Balaban J connectivity index is 2.46. The van der Waals surface area contributed by atoms with E-state index in [9.17, 15) is 13.2 Å². The third-order valence-electron chi connectivity index (χ3n) is 2.12. The van der Waals surface area contributed by atoms with E-state index in [1.54, 1.807) is 12.1 Å². The Bertz CT molecular complexity index is 526. The van der Waals surface area contributed by atoms with Gasteiger partial charge in [-0.25, -0.2) is 0 Å². The Kier molecular flexibility index (Phi) is 3.02. The topological polar surface area (TPSA) is 25.8 Å². The van der Waals surface area contributed by atoms with Crippen molar-refractivity contribution in [2.45, 2.75) is 6.18 Å². The van der Waals surface area contributed by atoms with E-state index in [1.165, 1.54) is 12.4 Å². The van der Waals surface area contributed by atoms with Crippen molar-refractivity contribution in [1.82, 2.24) is 9.97 Å². The number of hydrogen-bond donors (Lipinski definition) is 0. The van der Waals surface area contributed by atoms with E-state index in [0.717, 1.165) is 12.3 Å². The minimum absolute atomic E-state index is 0.0361. The van der Waals surface area contributed by atoms with Gasteiger partial charge in [0, 0.05) is 24.2 Å². The SMILES string of the molecule is FC(F)(F)c1cnc(-c2ccncc2)c(Cl)c1. The normalized spacial score (nSPS) is 11.5. The summed E-state index contributed by atoms with van der Waals surface area (Å²) in [5.74, 6) is 0. The average Bonchev–Trinajstić information content (AvgIpc) is 2.29. The van der Waals surface area contributed by atoms with Crippen LogP contribution in [0.15, 0.2) is 36.8 Å². The molecule has 0 radical (unpaired) electrons. The summed E-state index contributed by atoms with van der Waals surface area (Å²) in [5, 5.41) is -0.0361. The second kappa shape index (κ2) is 4.33. The summed E-state index contributed by atoms with van der Waals surface area (Å²) in [6.07, 6.45) is -0.634. The van der Waals surface area contributed by atoms with Gasteiger partial charge in [-0.1, -0.05) is 11.6 Å². The van der Waals surface area contributed by atoms with Gasteiger partial charge in [-0.05, 0) is 18.2 Å². The van der Waals surface area contributed by atoms with Crippen molar-refractivity contribution >= 4 is 11.6 Å². The number of nitrogens with zero attached hydrogens (tertiary/aromatic N) is 2. The smallest absolute Gasteiger partial charge is 0.265 e. The van der Waals surface area contributed by atoms with Crippen LogP contribution in [0.1, 0.15) is 5.56 Å². The zero-order valence-corrected chi connectivity index (χ0v) is 9.13. The summed E-state index contributed by atoms with van der Waals surface area (Å²) in [5.41, 5.74) is 0.0705. The lowest BCUT2D eigenvalue weighted by molar-refractivity contribution is -0.137. The molecule has 0 fully saturated rings. The highest BCUT2D eigenvalue weighted by atomic mass is 35.5. The molecular formula is C11H6ClF3N2. The molecule has 6 heteroatoms. The molecule has 0 saturated carbocycles. The number of aromatic nitrogens is 2. The second-order valence-electron chi connectivity index (χ2n) is 3.29. The molecule has 0 N–H and O–H groups in total. The number of pyridine rings is 2. The minimum atomic E-state index is -4.44. The summed E-state index contributed by atoms with van der Waals surface area (Å²) >= 11 is 5.79. The zero-order chi connectivity index (χ0) is 12.5. The Morgan fingerprint density at radius 3 is 2.29 bits per heavy atom. The summed E-state index contributed by atoms with van der Waals surface area (Å²) in [7, 11) is 0. The van der Waals surface area contributed by atoms with Gasteiger partial charge in [0.2, 0.25) is 0 Å². The summed E-state index contributed by atoms with van der Waals surface area (Å²) in [6.45, 7) is 0. The molecule has 0 aliphatic rings. The highest BCUT2D eigenvalue weighted by Gasteiger charge is 2.31. The van der Waals surface area contributed by atoms with Crippen LogP contribution < -0.4 is 0 Å². The van der Waals surface area contributed by atoms with Crippen molar-refractivity contribution in [2.75, 3.05) is 0 Å². The minimum Gasteiger partial charge on any atom is -0.265 e. The summed E-state index contributed by atoms with van der Waals surface area (Å²) < 4.78 is 37.2. The molecule has 88 valence electrons. The fraction of sp³-hybridized carbons (Fsp3) is 0.0909. The lowest BCUT2D eigenvalue weighted by Crippen LogP contribution is -2.05. The number of rotatable bonds is 1. The average molecular weight is 259 g/mol. The van der Waals surface area contributed by atoms with Crippen molar-refractivity contribution in [3.8, 4) is 11.3 Å². The molecular weight excluding hydrogens is 253 g/mol. The Morgan fingerprint density at radius 2 is 1.76 bits per heavy atom. The molecule has 17 heavy (non-hydrogen) atoms. The predicted octanol–water partition coefficient (Wildman–Crippen LogP) is 3.82. The van der Waals surface area contributed by atoms with Crippen molar-refractivity contribution in [2.24, 2.45) is 0 Å². The molecule has 0 aliphatic carbocycles. The Labute approximate surface area is 100 Å². The van der Waals surface area contributed by atoms with Gasteiger partial charge in [0.15, 0.2) is 0 Å². The van der Waals surface area contributed by atoms with Gasteiger partial charge < -0.3 is 0 Å². The quantitative estimate of drug-likeness (QED) is 0.777. The van der Waals surface area contributed by atoms with Crippen LogP contribution in [0.2, 0.25) is 5.02 Å². The number of halogens is 4. The fourth-order valence-corrected chi connectivity index (χ4v) is 1.59. The first-order valence-electron chi connectivity index (χ1n) is 4.61. The maximum Gasteiger partial charge on any atom is 0.417 e. The Hall–Kier alpha value is -1.62. The first-order chi connectivity index (χ1) is 7.98. The van der Waals surface area contributed by atoms with Gasteiger partial charge >= 0.3 is 6.18 Å². The van der Waals surface area contributed by atoms with Crippen LogP contribution in [0.25, 0.3) is 11.3 Å². The van der Waals surface area contributed by atoms with Crippen molar-refractivity contribution in [3.63, 3.8) is 0 Å². The molecule has 2 heterocycles. The molecule has 0 atom stereocenters. The fourth-order valence-electron chi connectivity index (χ4n) is 1.32. The van der Waals surface area contributed by atoms with Gasteiger partial charge in [0.25, 0.3) is 0 Å². The van der Waals surface area contributed by atoms with Crippen LogP contribution in [0.4, 0.5) is 13.2 Å². The summed E-state index contributed by atoms with van der Waals surface area (Å²) in [4.78, 5) is 7.54. The van der Waals surface area contributed by atoms with Crippen LogP contribution in [-0.4, -0.2) is 9.97 Å². The van der Waals surface area contributed by atoms with Gasteiger partial charge in [-0.3, -0.25) is 9.97 Å². The molecule has 2 aromatic rings. The molecule has 0 amide bonds. The zero-order valence-electron chi connectivity index (χ0n) is 8.37. The standard InChI is InChI=1S/C11H6ClF3N2/c12-9-5-8(11(13,14)15)6-17-10(9)7-1-3-16-4-2-7/h1-6H. The van der Waals surface area contributed by atoms with E-state index in [-0.39, 0.29) is 5.02 Å². The van der Waals surface area contributed by atoms with Crippen LogP contribution in [-0.2, 0) is 6.18 Å². The Morgan fingerprint density at radius 1 is 1.12 bits per heavy atom. The second-order valence-corrected chi connectivity index (χ2v) is 3.70. The van der Waals surface area contributed by atoms with Crippen molar-refractivity contribution < 1.29 is 13.2 Å². The molecule has 2 aromatic heterocycles. The van der Waals surface area contributed by atoms with E-state index in [4.69, 9.17) is 11.6 Å². The number of alkyl halides is 3. The molecule has 2 nitrogen and oxygen atoms in total. The van der Waals surface area contributed by atoms with Crippen molar-refractivity contribution in [3.05, 3.63) is 47.4 Å². The van der Waals surface area contributed by atoms with Crippen molar-refractivity contribution in [1.29, 1.82) is 0 Å². The maximum atomic E-state index is 12.4. The predicted molar refractivity (Wildman–Crippen MR) is 57.5 cm³/mol.